The first kappa shape index (κ1) is 32.0. The Morgan fingerprint density at radius 3 is 1.98 bits per heavy atom. The van der Waals surface area contributed by atoms with Crippen LogP contribution in [0.2, 0.25) is 0 Å². The number of ketones is 1. The van der Waals surface area contributed by atoms with Gasteiger partial charge in [0.05, 0.1) is 44.8 Å². The highest BCUT2D eigenvalue weighted by Crippen LogP contribution is 2.53. The minimum Gasteiger partial charge on any atom is -0.493 e. The molecule has 44 heavy (non-hydrogen) atoms. The number of hydrogen-bond acceptors (Lipinski definition) is 9. The molecule has 2 aromatic heterocycles. The SMILES string of the molecule is CCC1CC1c1cc2c(F)c(OCCCOc3c(OC)cc4sc(C(=O)CC(C)(C)C(=O)OC)cc4c3F)c(OC)cc2s1. The molecular formula is C33H36F2O7S2. The van der Waals surface area contributed by atoms with Gasteiger partial charge >= 0.3 is 5.97 Å². The fourth-order valence-corrected chi connectivity index (χ4v) is 7.72. The molecule has 1 aliphatic carbocycles. The molecule has 0 spiro atoms. The van der Waals surface area contributed by atoms with Gasteiger partial charge < -0.3 is 23.7 Å². The lowest BCUT2D eigenvalue weighted by Crippen LogP contribution is -2.28. The second kappa shape index (κ2) is 12.9. The summed E-state index contributed by atoms with van der Waals surface area (Å²) in [4.78, 5) is 26.5. The first-order chi connectivity index (χ1) is 21.0. The highest BCUT2D eigenvalue weighted by atomic mass is 32.1. The average molecular weight is 647 g/mol. The van der Waals surface area contributed by atoms with Gasteiger partial charge in [-0.15, -0.1) is 22.7 Å². The van der Waals surface area contributed by atoms with Gasteiger partial charge in [-0.3, -0.25) is 9.59 Å². The lowest BCUT2D eigenvalue weighted by atomic mass is 9.87. The topological polar surface area (TPSA) is 80.3 Å². The molecule has 236 valence electrons. The molecule has 0 radical (unpaired) electrons. The van der Waals surface area contributed by atoms with Crippen LogP contribution < -0.4 is 18.9 Å². The van der Waals surface area contributed by atoms with Crippen LogP contribution >= 0.6 is 22.7 Å². The second-order valence-electron chi connectivity index (χ2n) is 11.6. The van der Waals surface area contributed by atoms with Crippen molar-refractivity contribution >= 4 is 54.6 Å². The Balaban J connectivity index is 1.25. The van der Waals surface area contributed by atoms with Crippen LogP contribution in [-0.2, 0) is 9.53 Å². The van der Waals surface area contributed by atoms with Gasteiger partial charge in [0.1, 0.15) is 0 Å². The van der Waals surface area contributed by atoms with Crippen LogP contribution in [0, 0.1) is 23.0 Å². The molecule has 0 aliphatic heterocycles. The van der Waals surface area contributed by atoms with Gasteiger partial charge in [0.15, 0.2) is 40.4 Å². The summed E-state index contributed by atoms with van der Waals surface area (Å²) in [5.74, 6) is -0.276. The maximum absolute atomic E-state index is 15.6. The van der Waals surface area contributed by atoms with Crippen LogP contribution in [0.1, 0.15) is 66.9 Å². The monoisotopic (exact) mass is 646 g/mol. The molecule has 2 atom stereocenters. The molecule has 1 fully saturated rings. The molecule has 1 aliphatic rings. The minimum atomic E-state index is -1.02. The summed E-state index contributed by atoms with van der Waals surface area (Å²) in [6.07, 6.45) is 2.51. The molecule has 2 heterocycles. The molecule has 4 aromatic rings. The Labute approximate surface area is 263 Å². The largest absolute Gasteiger partial charge is 0.493 e. The standard InChI is InChI=1S/C33H36F2O7S2/c1-7-17-11-18(17)24-12-19-25(43-24)14-22(38-4)30(28(19)34)41-9-8-10-42-31-23(39-5)15-26-20(29(31)35)13-27(44-26)21(36)16-33(2,3)32(37)40-6/h12-15,17-18H,7-11,16H2,1-6H3. The minimum absolute atomic E-state index is 0.0446. The van der Waals surface area contributed by atoms with Crippen molar-refractivity contribution in [2.24, 2.45) is 11.3 Å². The Bertz CT molecular complexity index is 1710. The number of ether oxygens (including phenoxy) is 5. The van der Waals surface area contributed by atoms with Crippen molar-refractivity contribution in [2.75, 3.05) is 34.5 Å². The number of carbonyl (C=O) groups excluding carboxylic acids is 2. The van der Waals surface area contributed by atoms with Crippen molar-refractivity contribution in [2.45, 2.75) is 52.4 Å². The molecule has 0 N–H and O–H groups in total. The molecule has 2 unspecified atom stereocenters. The van der Waals surface area contributed by atoms with Crippen molar-refractivity contribution in [1.29, 1.82) is 0 Å². The molecule has 7 nitrogen and oxygen atoms in total. The van der Waals surface area contributed by atoms with E-state index in [2.05, 4.69) is 6.92 Å². The molecule has 0 bridgehead atoms. The number of halogens is 2. The van der Waals surface area contributed by atoms with Crippen LogP contribution in [0.4, 0.5) is 8.78 Å². The van der Waals surface area contributed by atoms with Crippen molar-refractivity contribution in [3.05, 3.63) is 45.7 Å². The predicted octanol–water partition coefficient (Wildman–Crippen LogP) is 8.54. The van der Waals surface area contributed by atoms with Crippen LogP contribution in [0.5, 0.6) is 23.0 Å². The van der Waals surface area contributed by atoms with Gasteiger partial charge in [0.25, 0.3) is 0 Å². The van der Waals surface area contributed by atoms with E-state index in [1.165, 1.54) is 32.3 Å². The van der Waals surface area contributed by atoms with Crippen molar-refractivity contribution in [1.82, 2.24) is 0 Å². The molecule has 11 heteroatoms. The summed E-state index contributed by atoms with van der Waals surface area (Å²) < 4.78 is 59.7. The number of carbonyl (C=O) groups is 2. The molecular weight excluding hydrogens is 610 g/mol. The molecule has 1 saturated carbocycles. The van der Waals surface area contributed by atoms with Gasteiger partial charge in [0.2, 0.25) is 0 Å². The molecule has 5 rings (SSSR count). The zero-order chi connectivity index (χ0) is 31.8. The molecule has 2 aromatic carbocycles. The van der Waals surface area contributed by atoms with Gasteiger partial charge in [-0.1, -0.05) is 13.3 Å². The Morgan fingerprint density at radius 2 is 1.45 bits per heavy atom. The fourth-order valence-electron chi connectivity index (χ4n) is 5.40. The summed E-state index contributed by atoms with van der Waals surface area (Å²) >= 11 is 2.72. The number of methoxy groups -OCH3 is 3. The maximum Gasteiger partial charge on any atom is 0.311 e. The van der Waals surface area contributed by atoms with Crippen molar-refractivity contribution < 1.29 is 42.1 Å². The predicted molar refractivity (Wildman–Crippen MR) is 168 cm³/mol. The summed E-state index contributed by atoms with van der Waals surface area (Å²) in [5.41, 5.74) is -1.02. The van der Waals surface area contributed by atoms with E-state index in [1.54, 1.807) is 31.3 Å². The molecule has 0 amide bonds. The Kier molecular flexibility index (Phi) is 9.36. The summed E-state index contributed by atoms with van der Waals surface area (Å²) in [6.45, 7) is 5.60. The van der Waals surface area contributed by atoms with E-state index in [-0.39, 0.29) is 48.1 Å². The smallest absolute Gasteiger partial charge is 0.311 e. The third-order valence-electron chi connectivity index (χ3n) is 8.03. The first-order valence-corrected chi connectivity index (χ1v) is 16.1. The highest BCUT2D eigenvalue weighted by Gasteiger charge is 2.38. The number of rotatable bonds is 14. The van der Waals surface area contributed by atoms with Crippen LogP contribution in [0.25, 0.3) is 20.2 Å². The third kappa shape index (κ3) is 6.21. The zero-order valence-corrected chi connectivity index (χ0v) is 27.3. The van der Waals surface area contributed by atoms with Gasteiger partial charge in [-0.05, 0) is 44.2 Å². The quantitative estimate of drug-likeness (QED) is 0.0772. The van der Waals surface area contributed by atoms with Crippen LogP contribution in [-0.4, -0.2) is 46.3 Å². The van der Waals surface area contributed by atoms with E-state index in [4.69, 9.17) is 23.7 Å². The number of hydrogen-bond donors (Lipinski definition) is 0. The number of thiophene rings is 2. The average Bonchev–Trinajstić information content (AvgIpc) is 3.46. The highest BCUT2D eigenvalue weighted by molar-refractivity contribution is 7.21. The number of Topliss-reactive ketones (excluding diaryl/α,β-unsaturated/α-hetero) is 1. The van der Waals surface area contributed by atoms with Crippen LogP contribution in [0.15, 0.2) is 24.3 Å². The van der Waals surface area contributed by atoms with E-state index >= 15 is 8.78 Å². The fraction of sp³-hybridized carbons (Fsp3) is 0.455. The normalized spacial score (nSPS) is 16.3. The lowest BCUT2D eigenvalue weighted by molar-refractivity contribution is -0.150. The van der Waals surface area contributed by atoms with E-state index in [9.17, 15) is 9.59 Å². The van der Waals surface area contributed by atoms with Gasteiger partial charge in [-0.2, -0.15) is 0 Å². The van der Waals surface area contributed by atoms with Crippen LogP contribution in [0.3, 0.4) is 0 Å². The van der Waals surface area contributed by atoms with Crippen molar-refractivity contribution in [3.63, 3.8) is 0 Å². The zero-order valence-electron chi connectivity index (χ0n) is 25.6. The number of fused-ring (bicyclic) bond motifs is 2. The number of benzene rings is 2. The van der Waals surface area contributed by atoms with Gasteiger partial charge in [0, 0.05) is 50.0 Å². The molecule has 0 saturated heterocycles. The second-order valence-corrected chi connectivity index (χ2v) is 13.8. The maximum atomic E-state index is 15.6. The lowest BCUT2D eigenvalue weighted by Gasteiger charge is -2.19. The Morgan fingerprint density at radius 1 is 0.886 bits per heavy atom. The number of esters is 1. The first-order valence-electron chi connectivity index (χ1n) is 14.5. The van der Waals surface area contributed by atoms with Crippen molar-refractivity contribution in [3.8, 4) is 23.0 Å². The van der Waals surface area contributed by atoms with E-state index in [0.717, 1.165) is 28.9 Å². The van der Waals surface area contributed by atoms with Gasteiger partial charge in [-0.25, -0.2) is 8.78 Å². The van der Waals surface area contributed by atoms with E-state index in [1.807, 2.05) is 12.1 Å². The summed E-state index contributed by atoms with van der Waals surface area (Å²) in [7, 11) is 4.16. The third-order valence-corrected chi connectivity index (χ3v) is 10.4. The van der Waals surface area contributed by atoms with E-state index < -0.39 is 23.0 Å². The Hall–Kier alpha value is -3.44. The van der Waals surface area contributed by atoms with E-state index in [0.29, 0.717) is 39.0 Å². The summed E-state index contributed by atoms with van der Waals surface area (Å²) in [5, 5.41) is 0.745. The summed E-state index contributed by atoms with van der Waals surface area (Å²) in [6, 6.07) is 6.83.